The third-order valence-electron chi connectivity index (χ3n) is 4.48. The van der Waals surface area contributed by atoms with E-state index >= 15 is 0 Å². The summed E-state index contributed by atoms with van der Waals surface area (Å²) in [4.78, 5) is 22.6. The number of carbonyl (C=O) groups excluding carboxylic acids is 1. The Morgan fingerprint density at radius 1 is 1.33 bits per heavy atom. The SMILES string of the molecule is O=C(O)[C@@H]1C[C@@H](S(=O)(=O)c2ccc(N3CCOC3=O)cc2C(F)(F)F)CN1. The van der Waals surface area contributed by atoms with E-state index in [2.05, 4.69) is 10.1 Å². The molecule has 0 saturated carbocycles. The Bertz CT molecular complexity index is 886. The number of anilines is 1. The minimum atomic E-state index is -4.99. The van der Waals surface area contributed by atoms with Crippen LogP contribution in [0.5, 0.6) is 0 Å². The zero-order valence-corrected chi connectivity index (χ0v) is 14.5. The standard InChI is InChI=1S/C15H15F3N2O6S/c16-15(17,18)10-5-8(20-3-4-26-14(20)23)1-2-12(10)27(24,25)9-6-11(13(21)22)19-7-9/h1-2,5,9,11,19H,3-4,6-7H2,(H,21,22)/t9-,11+/m1/s1. The van der Waals surface area contributed by atoms with Crippen LogP contribution in [0.15, 0.2) is 23.1 Å². The van der Waals surface area contributed by atoms with E-state index in [9.17, 15) is 31.2 Å². The molecule has 0 aliphatic carbocycles. The summed E-state index contributed by atoms with van der Waals surface area (Å²) in [6.07, 6.45) is -6.14. The molecule has 8 nitrogen and oxygen atoms in total. The van der Waals surface area contributed by atoms with Crippen LogP contribution in [0, 0.1) is 0 Å². The molecule has 27 heavy (non-hydrogen) atoms. The Hall–Kier alpha value is -2.34. The number of nitrogens with one attached hydrogen (secondary N) is 1. The van der Waals surface area contributed by atoms with Crippen molar-refractivity contribution in [2.45, 2.75) is 28.8 Å². The van der Waals surface area contributed by atoms with E-state index < -0.39 is 49.8 Å². The van der Waals surface area contributed by atoms with Crippen LogP contribution in [-0.2, 0) is 25.5 Å². The number of aliphatic carboxylic acids is 1. The second kappa shape index (κ2) is 6.68. The highest BCUT2D eigenvalue weighted by atomic mass is 32.2. The number of cyclic esters (lactones) is 1. The van der Waals surface area contributed by atoms with Crippen molar-refractivity contribution >= 4 is 27.6 Å². The minimum absolute atomic E-state index is 0.0184. The summed E-state index contributed by atoms with van der Waals surface area (Å²) in [6.45, 7) is -0.198. The summed E-state index contributed by atoms with van der Waals surface area (Å²) in [5.41, 5.74) is -1.53. The molecule has 2 atom stereocenters. The Labute approximate surface area is 151 Å². The average Bonchev–Trinajstić information content (AvgIpc) is 3.22. The number of carboxylic acids is 1. The van der Waals surface area contributed by atoms with E-state index in [-0.39, 0.29) is 31.8 Å². The second-order valence-electron chi connectivity index (χ2n) is 6.15. The van der Waals surface area contributed by atoms with E-state index in [1.54, 1.807) is 0 Å². The first-order valence-electron chi connectivity index (χ1n) is 7.87. The smallest absolute Gasteiger partial charge is 0.417 e. The third-order valence-corrected chi connectivity index (χ3v) is 6.68. The van der Waals surface area contributed by atoms with Crippen LogP contribution < -0.4 is 10.2 Å². The lowest BCUT2D eigenvalue weighted by Crippen LogP contribution is -2.30. The monoisotopic (exact) mass is 408 g/mol. The van der Waals surface area contributed by atoms with Gasteiger partial charge in [0.25, 0.3) is 0 Å². The number of amides is 1. The molecule has 2 saturated heterocycles. The highest BCUT2D eigenvalue weighted by molar-refractivity contribution is 7.92. The van der Waals surface area contributed by atoms with Gasteiger partial charge < -0.3 is 15.2 Å². The fourth-order valence-electron chi connectivity index (χ4n) is 3.09. The number of hydrogen-bond donors (Lipinski definition) is 2. The van der Waals surface area contributed by atoms with Gasteiger partial charge in [0.15, 0.2) is 9.84 Å². The predicted octanol–water partition coefficient (Wildman–Crippen LogP) is 1.25. The Morgan fingerprint density at radius 2 is 2.04 bits per heavy atom. The van der Waals surface area contributed by atoms with Gasteiger partial charge in [-0.2, -0.15) is 13.2 Å². The summed E-state index contributed by atoms with van der Waals surface area (Å²) in [5.74, 6) is -1.27. The fraction of sp³-hybridized carbons (Fsp3) is 0.467. The quantitative estimate of drug-likeness (QED) is 0.771. The van der Waals surface area contributed by atoms with Gasteiger partial charge >= 0.3 is 18.2 Å². The maximum absolute atomic E-state index is 13.5. The fourth-order valence-corrected chi connectivity index (χ4v) is 4.95. The van der Waals surface area contributed by atoms with Gasteiger partial charge in [-0.1, -0.05) is 0 Å². The number of nitrogens with zero attached hydrogens (tertiary/aromatic N) is 1. The van der Waals surface area contributed by atoms with Gasteiger partial charge in [0.05, 0.1) is 22.3 Å². The Kier molecular flexibility index (Phi) is 4.80. The van der Waals surface area contributed by atoms with Crippen LogP contribution in [0.3, 0.4) is 0 Å². The third kappa shape index (κ3) is 3.58. The van der Waals surface area contributed by atoms with Gasteiger partial charge in [0.1, 0.15) is 12.6 Å². The van der Waals surface area contributed by atoms with E-state index in [0.717, 1.165) is 17.0 Å². The van der Waals surface area contributed by atoms with E-state index in [4.69, 9.17) is 5.11 Å². The summed E-state index contributed by atoms with van der Waals surface area (Å²) >= 11 is 0. The molecule has 1 aromatic rings. The normalized spacial score (nSPS) is 23.5. The van der Waals surface area contributed by atoms with Crippen molar-refractivity contribution in [1.82, 2.24) is 5.32 Å². The maximum Gasteiger partial charge on any atom is 0.417 e. The first-order chi connectivity index (χ1) is 12.5. The van der Waals surface area contributed by atoms with Gasteiger partial charge in [0, 0.05) is 12.2 Å². The molecule has 12 heteroatoms. The van der Waals surface area contributed by atoms with Crippen molar-refractivity contribution in [2.75, 3.05) is 24.6 Å². The van der Waals surface area contributed by atoms with Crippen molar-refractivity contribution in [3.63, 3.8) is 0 Å². The van der Waals surface area contributed by atoms with E-state index in [0.29, 0.717) is 6.07 Å². The lowest BCUT2D eigenvalue weighted by atomic mass is 10.2. The summed E-state index contributed by atoms with van der Waals surface area (Å²) in [7, 11) is -4.45. The lowest BCUT2D eigenvalue weighted by Gasteiger charge is -2.20. The van der Waals surface area contributed by atoms with Crippen LogP contribution >= 0.6 is 0 Å². The maximum atomic E-state index is 13.5. The molecule has 1 aromatic carbocycles. The van der Waals surface area contributed by atoms with E-state index in [1.807, 2.05) is 0 Å². The highest BCUT2D eigenvalue weighted by Gasteiger charge is 2.44. The van der Waals surface area contributed by atoms with Crippen LogP contribution in [0.25, 0.3) is 0 Å². The second-order valence-corrected chi connectivity index (χ2v) is 8.34. The van der Waals surface area contributed by atoms with Crippen molar-refractivity contribution in [1.29, 1.82) is 0 Å². The van der Waals surface area contributed by atoms with Gasteiger partial charge in [-0.25, -0.2) is 13.2 Å². The number of hydrogen-bond acceptors (Lipinski definition) is 6. The number of carboxylic acid groups (broad SMARTS) is 1. The number of halogens is 3. The molecule has 2 fully saturated rings. The number of ether oxygens (including phenoxy) is 1. The molecular weight excluding hydrogens is 393 g/mol. The lowest BCUT2D eigenvalue weighted by molar-refractivity contribution is -0.140. The largest absolute Gasteiger partial charge is 0.480 e. The molecular formula is C15H15F3N2O6S. The van der Waals surface area contributed by atoms with E-state index in [1.165, 1.54) is 0 Å². The molecule has 0 radical (unpaired) electrons. The molecule has 0 spiro atoms. The Morgan fingerprint density at radius 3 is 2.56 bits per heavy atom. The molecule has 0 unspecified atom stereocenters. The van der Waals surface area contributed by atoms with Crippen molar-refractivity contribution in [3.05, 3.63) is 23.8 Å². The molecule has 2 heterocycles. The summed E-state index contributed by atoms with van der Waals surface area (Å²) < 4.78 is 70.7. The van der Waals surface area contributed by atoms with Gasteiger partial charge in [-0.15, -0.1) is 0 Å². The Balaban J connectivity index is 2.02. The first kappa shape index (κ1) is 19.4. The van der Waals surface area contributed by atoms with Gasteiger partial charge in [0.2, 0.25) is 0 Å². The van der Waals surface area contributed by atoms with Gasteiger partial charge in [-0.3, -0.25) is 9.69 Å². The van der Waals surface area contributed by atoms with Crippen LogP contribution in [-0.4, -0.2) is 56.6 Å². The minimum Gasteiger partial charge on any atom is -0.480 e. The first-order valence-corrected chi connectivity index (χ1v) is 9.42. The topological polar surface area (TPSA) is 113 Å². The van der Waals surface area contributed by atoms with Crippen LogP contribution in [0.2, 0.25) is 0 Å². The van der Waals surface area contributed by atoms with Crippen molar-refractivity contribution in [2.24, 2.45) is 0 Å². The zero-order chi connectivity index (χ0) is 20.0. The summed E-state index contributed by atoms with van der Waals surface area (Å²) in [5, 5.41) is 10.1. The number of alkyl halides is 3. The molecule has 3 rings (SSSR count). The van der Waals surface area contributed by atoms with Crippen molar-refractivity contribution < 1.29 is 41.0 Å². The predicted molar refractivity (Wildman–Crippen MR) is 85.2 cm³/mol. The van der Waals surface area contributed by atoms with Crippen LogP contribution in [0.4, 0.5) is 23.7 Å². The highest BCUT2D eigenvalue weighted by Crippen LogP contribution is 2.39. The molecule has 0 aromatic heterocycles. The number of carbonyl (C=O) groups is 2. The number of sulfone groups is 1. The van der Waals surface area contributed by atoms with Gasteiger partial charge in [-0.05, 0) is 24.6 Å². The molecule has 2 N–H and O–H groups in total. The summed E-state index contributed by atoms with van der Waals surface area (Å²) in [6, 6.07) is 1.35. The number of benzene rings is 1. The molecule has 148 valence electrons. The molecule has 2 aliphatic heterocycles. The van der Waals surface area contributed by atoms with Crippen LogP contribution in [0.1, 0.15) is 12.0 Å². The van der Waals surface area contributed by atoms with Crippen molar-refractivity contribution in [3.8, 4) is 0 Å². The average molecular weight is 408 g/mol. The zero-order valence-electron chi connectivity index (χ0n) is 13.7. The number of rotatable bonds is 4. The molecule has 0 bridgehead atoms. The molecule has 2 aliphatic rings. The molecule has 1 amide bonds.